The van der Waals surface area contributed by atoms with Crippen LogP contribution in [0.4, 0.5) is 0 Å². The van der Waals surface area contributed by atoms with Crippen LogP contribution in [0.25, 0.3) is 10.9 Å². The maximum atomic E-state index is 11.5. The molecule has 0 spiro atoms. The predicted molar refractivity (Wildman–Crippen MR) is 82.2 cm³/mol. The third kappa shape index (κ3) is 3.03. The van der Waals surface area contributed by atoms with Gasteiger partial charge in [-0.25, -0.2) is 4.79 Å². The first-order valence-corrected chi connectivity index (χ1v) is 7.48. The number of benzene rings is 1. The zero-order valence-corrected chi connectivity index (χ0v) is 12.3. The number of rotatable bonds is 7. The quantitative estimate of drug-likeness (QED) is 0.803. The Morgan fingerprint density at radius 3 is 2.70 bits per heavy atom. The highest BCUT2D eigenvalue weighted by Gasteiger charge is 2.17. The Morgan fingerprint density at radius 2 is 2.05 bits per heavy atom. The molecule has 3 nitrogen and oxygen atoms in total. The van der Waals surface area contributed by atoms with Crippen molar-refractivity contribution in [2.75, 3.05) is 0 Å². The summed E-state index contributed by atoms with van der Waals surface area (Å²) in [5.41, 5.74) is 1.43. The van der Waals surface area contributed by atoms with Crippen LogP contribution in [0, 0.1) is 5.92 Å². The summed E-state index contributed by atoms with van der Waals surface area (Å²) >= 11 is 0. The number of fused-ring (bicyclic) bond motifs is 1. The van der Waals surface area contributed by atoms with Gasteiger partial charge in [-0.15, -0.1) is 0 Å². The summed E-state index contributed by atoms with van der Waals surface area (Å²) in [6.07, 6.45) is 4.65. The van der Waals surface area contributed by atoms with Crippen LogP contribution in [0.2, 0.25) is 0 Å². The van der Waals surface area contributed by atoms with E-state index in [9.17, 15) is 9.90 Å². The molecule has 0 saturated carbocycles. The number of aromatic carboxylic acids is 1. The van der Waals surface area contributed by atoms with Crippen LogP contribution in [0.3, 0.4) is 0 Å². The minimum Gasteiger partial charge on any atom is -0.477 e. The minimum absolute atomic E-state index is 0.404. The standard InChI is InChI=1S/C17H23NO2/c1-3-5-8-13(4-2)12-18-15-10-7-6-9-14(15)11-16(18)17(19)20/h6-7,9-11,13H,3-5,8,12H2,1-2H3,(H,19,20). The van der Waals surface area contributed by atoms with E-state index in [-0.39, 0.29) is 0 Å². The molecule has 108 valence electrons. The lowest BCUT2D eigenvalue weighted by Gasteiger charge is -2.17. The maximum absolute atomic E-state index is 11.5. The normalized spacial score (nSPS) is 12.7. The number of carbonyl (C=O) groups is 1. The fraction of sp³-hybridized carbons (Fsp3) is 0.471. The SMILES string of the molecule is CCCCC(CC)Cn1c(C(=O)O)cc2ccccc21. The Bertz CT molecular complexity index is 586. The Kier molecular flexibility index (Phi) is 4.83. The van der Waals surface area contributed by atoms with Gasteiger partial charge in [-0.2, -0.15) is 0 Å². The Labute approximate surface area is 120 Å². The van der Waals surface area contributed by atoms with E-state index in [2.05, 4.69) is 13.8 Å². The molecule has 1 heterocycles. The summed E-state index contributed by atoms with van der Waals surface area (Å²) in [5, 5.41) is 10.4. The van der Waals surface area contributed by atoms with E-state index in [1.807, 2.05) is 28.8 Å². The second-order valence-corrected chi connectivity index (χ2v) is 5.42. The van der Waals surface area contributed by atoms with Crippen molar-refractivity contribution in [1.29, 1.82) is 0 Å². The van der Waals surface area contributed by atoms with Gasteiger partial charge < -0.3 is 9.67 Å². The third-order valence-electron chi connectivity index (χ3n) is 4.01. The molecule has 2 aromatic rings. The Hall–Kier alpha value is -1.77. The molecule has 2 rings (SSSR count). The van der Waals surface area contributed by atoms with Crippen molar-refractivity contribution in [3.63, 3.8) is 0 Å². The van der Waals surface area contributed by atoms with Gasteiger partial charge in [0.2, 0.25) is 0 Å². The zero-order valence-electron chi connectivity index (χ0n) is 12.3. The van der Waals surface area contributed by atoms with Crippen LogP contribution in [-0.2, 0) is 6.54 Å². The van der Waals surface area contributed by atoms with Gasteiger partial charge in [0, 0.05) is 17.4 Å². The highest BCUT2D eigenvalue weighted by atomic mass is 16.4. The van der Waals surface area contributed by atoms with Crippen molar-refractivity contribution in [2.45, 2.75) is 46.1 Å². The number of aromatic nitrogens is 1. The zero-order chi connectivity index (χ0) is 14.5. The number of carboxylic acid groups (broad SMARTS) is 1. The van der Waals surface area contributed by atoms with Crippen LogP contribution >= 0.6 is 0 Å². The molecule has 1 aromatic carbocycles. The minimum atomic E-state index is -0.841. The Morgan fingerprint density at radius 1 is 1.30 bits per heavy atom. The van der Waals surface area contributed by atoms with E-state index in [1.165, 1.54) is 19.3 Å². The van der Waals surface area contributed by atoms with Crippen molar-refractivity contribution in [3.05, 3.63) is 36.0 Å². The van der Waals surface area contributed by atoms with Crippen molar-refractivity contribution in [1.82, 2.24) is 4.57 Å². The van der Waals surface area contributed by atoms with Gasteiger partial charge in [0.15, 0.2) is 0 Å². The van der Waals surface area contributed by atoms with E-state index < -0.39 is 5.97 Å². The predicted octanol–water partition coefficient (Wildman–Crippen LogP) is 4.56. The molecular weight excluding hydrogens is 250 g/mol. The molecule has 1 N–H and O–H groups in total. The van der Waals surface area contributed by atoms with Crippen molar-refractivity contribution in [3.8, 4) is 0 Å². The van der Waals surface area contributed by atoms with E-state index >= 15 is 0 Å². The molecule has 3 heteroatoms. The monoisotopic (exact) mass is 273 g/mol. The molecule has 20 heavy (non-hydrogen) atoms. The molecule has 0 amide bonds. The summed E-state index contributed by atoms with van der Waals surface area (Å²) in [5.74, 6) is -0.296. The molecule has 0 radical (unpaired) electrons. The largest absolute Gasteiger partial charge is 0.477 e. The molecule has 1 atom stereocenters. The first-order chi connectivity index (χ1) is 9.67. The molecule has 0 bridgehead atoms. The van der Waals surface area contributed by atoms with Crippen LogP contribution in [0.5, 0.6) is 0 Å². The molecule has 0 aliphatic carbocycles. The van der Waals surface area contributed by atoms with Crippen LogP contribution < -0.4 is 0 Å². The van der Waals surface area contributed by atoms with Crippen molar-refractivity contribution >= 4 is 16.9 Å². The number of hydrogen-bond acceptors (Lipinski definition) is 1. The van der Waals surface area contributed by atoms with Gasteiger partial charge in [-0.1, -0.05) is 51.3 Å². The second-order valence-electron chi connectivity index (χ2n) is 5.42. The fourth-order valence-corrected chi connectivity index (χ4v) is 2.76. The smallest absolute Gasteiger partial charge is 0.352 e. The lowest BCUT2D eigenvalue weighted by atomic mass is 9.99. The number of nitrogens with zero attached hydrogens (tertiary/aromatic N) is 1. The molecule has 1 unspecified atom stereocenters. The van der Waals surface area contributed by atoms with Gasteiger partial charge >= 0.3 is 5.97 Å². The van der Waals surface area contributed by atoms with Crippen LogP contribution in [0.1, 0.15) is 50.0 Å². The average molecular weight is 273 g/mol. The summed E-state index contributed by atoms with van der Waals surface area (Å²) in [4.78, 5) is 11.5. The summed E-state index contributed by atoms with van der Waals surface area (Å²) in [6, 6.07) is 9.69. The summed E-state index contributed by atoms with van der Waals surface area (Å²) < 4.78 is 1.97. The lowest BCUT2D eigenvalue weighted by Crippen LogP contribution is -2.15. The summed E-state index contributed by atoms with van der Waals surface area (Å²) in [7, 11) is 0. The molecule has 1 aromatic heterocycles. The van der Waals surface area contributed by atoms with E-state index in [0.717, 1.165) is 23.9 Å². The molecule has 0 fully saturated rings. The van der Waals surface area contributed by atoms with E-state index in [4.69, 9.17) is 0 Å². The Balaban J connectivity index is 2.35. The fourth-order valence-electron chi connectivity index (χ4n) is 2.76. The lowest BCUT2D eigenvalue weighted by molar-refractivity contribution is 0.0684. The third-order valence-corrected chi connectivity index (χ3v) is 4.01. The second kappa shape index (κ2) is 6.60. The van der Waals surface area contributed by atoms with Crippen molar-refractivity contribution < 1.29 is 9.90 Å². The first-order valence-electron chi connectivity index (χ1n) is 7.48. The molecule has 0 aliphatic rings. The van der Waals surface area contributed by atoms with Gasteiger partial charge in [-0.05, 0) is 24.5 Å². The number of hydrogen-bond donors (Lipinski definition) is 1. The van der Waals surface area contributed by atoms with Gasteiger partial charge in [0.05, 0.1) is 0 Å². The van der Waals surface area contributed by atoms with Crippen molar-refractivity contribution in [2.24, 2.45) is 5.92 Å². The highest BCUT2D eigenvalue weighted by Crippen LogP contribution is 2.24. The number of para-hydroxylation sites is 1. The van der Waals surface area contributed by atoms with E-state index in [1.54, 1.807) is 6.07 Å². The first kappa shape index (κ1) is 14.6. The molecule has 0 saturated heterocycles. The van der Waals surface area contributed by atoms with Gasteiger partial charge in [0.1, 0.15) is 5.69 Å². The highest BCUT2D eigenvalue weighted by molar-refractivity contribution is 5.94. The topological polar surface area (TPSA) is 42.2 Å². The maximum Gasteiger partial charge on any atom is 0.352 e. The van der Waals surface area contributed by atoms with Crippen LogP contribution in [0.15, 0.2) is 30.3 Å². The number of carboxylic acids is 1. The molecular formula is C17H23NO2. The van der Waals surface area contributed by atoms with Gasteiger partial charge in [0.25, 0.3) is 0 Å². The van der Waals surface area contributed by atoms with Crippen LogP contribution in [-0.4, -0.2) is 15.6 Å². The van der Waals surface area contributed by atoms with Gasteiger partial charge in [-0.3, -0.25) is 0 Å². The number of unbranched alkanes of at least 4 members (excludes halogenated alkanes) is 1. The molecule has 0 aliphatic heterocycles. The summed E-state index contributed by atoms with van der Waals surface area (Å²) in [6.45, 7) is 5.18. The average Bonchev–Trinajstić information content (AvgIpc) is 2.82. The van der Waals surface area contributed by atoms with E-state index in [0.29, 0.717) is 11.6 Å².